The molecule has 5 N–H and O–H groups in total. The van der Waals surface area contributed by atoms with E-state index >= 15 is 0 Å². The van der Waals surface area contributed by atoms with Gasteiger partial charge in [-0.15, -0.1) is 0 Å². The number of hydrogen-bond acceptors (Lipinski definition) is 4. The molecule has 0 radical (unpaired) electrons. The van der Waals surface area contributed by atoms with Crippen molar-refractivity contribution in [2.24, 2.45) is 5.73 Å². The molecule has 0 unspecified atom stereocenters. The Kier molecular flexibility index (Phi) is 8.99. The van der Waals surface area contributed by atoms with Gasteiger partial charge in [0.05, 0.1) is 0 Å². The van der Waals surface area contributed by atoms with Gasteiger partial charge in [-0.25, -0.2) is 0 Å². The molecule has 0 amide bonds. The largest absolute Gasteiger partial charge is 0.396 e. The van der Waals surface area contributed by atoms with Gasteiger partial charge in [0.25, 0.3) is 0 Å². The predicted octanol–water partition coefficient (Wildman–Crippen LogP) is 0.516. The van der Waals surface area contributed by atoms with Gasteiger partial charge in [0, 0.05) is 19.2 Å². The molecule has 17 heavy (non-hydrogen) atoms. The number of ketones is 1. The summed E-state index contributed by atoms with van der Waals surface area (Å²) in [4.78, 5) is 11.3. The van der Waals surface area contributed by atoms with Gasteiger partial charge in [-0.05, 0) is 43.6 Å². The Morgan fingerprint density at radius 2 is 2.12 bits per heavy atom. The number of thiocarbonyl (C=S) groups is 1. The molecule has 96 valence electrons. The third-order valence-corrected chi connectivity index (χ3v) is 1.96. The number of carbonyl (C=O) groups excluding carboxylic acids is 1. The van der Waals surface area contributed by atoms with E-state index in [-0.39, 0.29) is 17.5 Å². The molecule has 0 aromatic heterocycles. The quantitative estimate of drug-likeness (QED) is 0.167. The Morgan fingerprint density at radius 3 is 2.71 bits per heavy atom. The SMILES string of the molecule is CC(C=CC(=O)CCCCO)=CNNC(N)=S. The maximum absolute atomic E-state index is 11.3. The number of nitrogens with one attached hydrogen (secondary N) is 2. The fourth-order valence-electron chi connectivity index (χ4n) is 0.988. The topological polar surface area (TPSA) is 87.4 Å². The second-order valence-corrected chi connectivity index (χ2v) is 3.94. The Labute approximate surface area is 107 Å². The third kappa shape index (κ3) is 10.9. The van der Waals surface area contributed by atoms with E-state index in [2.05, 4.69) is 23.1 Å². The third-order valence-electron chi connectivity index (χ3n) is 1.86. The van der Waals surface area contributed by atoms with Crippen LogP contribution in [0.2, 0.25) is 0 Å². The minimum absolute atomic E-state index is 0.0495. The molecule has 0 saturated carbocycles. The van der Waals surface area contributed by atoms with Crippen molar-refractivity contribution in [2.45, 2.75) is 26.2 Å². The van der Waals surface area contributed by atoms with Gasteiger partial charge >= 0.3 is 0 Å². The van der Waals surface area contributed by atoms with E-state index in [4.69, 9.17) is 10.8 Å². The molecule has 6 heteroatoms. The monoisotopic (exact) mass is 257 g/mol. The number of aliphatic hydroxyl groups excluding tert-OH is 1. The van der Waals surface area contributed by atoms with Crippen LogP contribution in [0.5, 0.6) is 0 Å². The van der Waals surface area contributed by atoms with Crippen LogP contribution >= 0.6 is 12.2 Å². The molecule has 0 bridgehead atoms. The second-order valence-electron chi connectivity index (χ2n) is 3.50. The van der Waals surface area contributed by atoms with E-state index in [1.807, 2.05) is 6.92 Å². The molecule has 0 aromatic carbocycles. The van der Waals surface area contributed by atoms with Crippen molar-refractivity contribution in [2.75, 3.05) is 6.61 Å². The van der Waals surface area contributed by atoms with Gasteiger partial charge in [-0.2, -0.15) is 0 Å². The van der Waals surface area contributed by atoms with Gasteiger partial charge in [0.1, 0.15) is 0 Å². The number of rotatable bonds is 8. The molecule has 0 aliphatic rings. The van der Waals surface area contributed by atoms with Crippen LogP contribution < -0.4 is 16.6 Å². The van der Waals surface area contributed by atoms with Crippen molar-refractivity contribution in [3.8, 4) is 0 Å². The summed E-state index contributed by atoms with van der Waals surface area (Å²) in [5.74, 6) is 0.0495. The van der Waals surface area contributed by atoms with Crippen molar-refractivity contribution in [3.05, 3.63) is 23.9 Å². The van der Waals surface area contributed by atoms with Crippen LogP contribution in [0, 0.1) is 0 Å². The molecule has 0 aliphatic carbocycles. The van der Waals surface area contributed by atoms with E-state index in [1.54, 1.807) is 12.3 Å². The van der Waals surface area contributed by atoms with Gasteiger partial charge in [0.2, 0.25) is 0 Å². The lowest BCUT2D eigenvalue weighted by atomic mass is 10.1. The summed E-state index contributed by atoms with van der Waals surface area (Å²) in [6.45, 7) is 1.97. The van der Waals surface area contributed by atoms with Gasteiger partial charge in [0.15, 0.2) is 10.9 Å². The summed E-state index contributed by atoms with van der Waals surface area (Å²) >= 11 is 4.60. The Bertz CT molecular complexity index is 314. The number of aliphatic hydroxyl groups is 1. The van der Waals surface area contributed by atoms with Crippen molar-refractivity contribution in [3.63, 3.8) is 0 Å². The van der Waals surface area contributed by atoms with Crippen molar-refractivity contribution >= 4 is 23.1 Å². The highest BCUT2D eigenvalue weighted by Crippen LogP contribution is 1.99. The molecule has 0 aromatic rings. The maximum Gasteiger partial charge on any atom is 0.182 e. The first-order chi connectivity index (χ1) is 8.06. The molecule has 0 rings (SSSR count). The first kappa shape index (κ1) is 15.6. The van der Waals surface area contributed by atoms with Crippen LogP contribution in [0.4, 0.5) is 0 Å². The van der Waals surface area contributed by atoms with Crippen LogP contribution in [0.1, 0.15) is 26.2 Å². The number of hydrazine groups is 1. The van der Waals surface area contributed by atoms with Crippen LogP contribution in [0.25, 0.3) is 0 Å². The summed E-state index contributed by atoms with van der Waals surface area (Å²) in [6.07, 6.45) is 6.71. The van der Waals surface area contributed by atoms with Crippen LogP contribution in [-0.2, 0) is 4.79 Å². The van der Waals surface area contributed by atoms with Crippen molar-refractivity contribution in [1.82, 2.24) is 10.9 Å². The Hall–Kier alpha value is -1.40. The standard InChI is InChI=1S/C11H19N3O2S/c1-9(8-13-14-11(12)17)5-6-10(16)4-2-3-7-15/h5-6,8,13,15H,2-4,7H2,1H3,(H3,12,14,17). The molecule has 5 nitrogen and oxygen atoms in total. The average molecular weight is 257 g/mol. The Balaban J connectivity index is 3.88. The lowest BCUT2D eigenvalue weighted by molar-refractivity contribution is -0.114. The van der Waals surface area contributed by atoms with E-state index in [1.165, 1.54) is 6.08 Å². The molecule has 0 heterocycles. The van der Waals surface area contributed by atoms with Gasteiger partial charge < -0.3 is 16.3 Å². The summed E-state index contributed by atoms with van der Waals surface area (Å²) in [5.41, 5.74) is 11.3. The minimum atomic E-state index is 0.0495. The molecule has 0 spiro atoms. The predicted molar refractivity (Wildman–Crippen MR) is 71.9 cm³/mol. The lowest BCUT2D eigenvalue weighted by Crippen LogP contribution is -2.37. The molecule has 0 aliphatic heterocycles. The van der Waals surface area contributed by atoms with E-state index in [9.17, 15) is 4.79 Å². The molecule has 0 atom stereocenters. The zero-order chi connectivity index (χ0) is 13.1. The smallest absolute Gasteiger partial charge is 0.182 e. The summed E-state index contributed by atoms with van der Waals surface area (Å²) in [7, 11) is 0. The first-order valence-electron chi connectivity index (χ1n) is 5.35. The van der Waals surface area contributed by atoms with Crippen LogP contribution in [0.15, 0.2) is 23.9 Å². The molecule has 0 fully saturated rings. The average Bonchev–Trinajstić information content (AvgIpc) is 2.26. The van der Waals surface area contributed by atoms with Gasteiger partial charge in [-0.1, -0.05) is 6.08 Å². The van der Waals surface area contributed by atoms with Gasteiger partial charge in [-0.3, -0.25) is 10.2 Å². The first-order valence-corrected chi connectivity index (χ1v) is 5.76. The highest BCUT2D eigenvalue weighted by atomic mass is 32.1. The van der Waals surface area contributed by atoms with Crippen LogP contribution in [-0.4, -0.2) is 22.6 Å². The number of allylic oxidation sites excluding steroid dienone is 3. The fourth-order valence-corrected chi connectivity index (χ4v) is 1.05. The summed E-state index contributed by atoms with van der Waals surface area (Å²) in [6, 6.07) is 0. The zero-order valence-corrected chi connectivity index (χ0v) is 10.7. The summed E-state index contributed by atoms with van der Waals surface area (Å²) in [5, 5.41) is 8.72. The second kappa shape index (κ2) is 9.80. The molecule has 0 saturated heterocycles. The molecular weight excluding hydrogens is 238 g/mol. The van der Waals surface area contributed by atoms with E-state index in [0.29, 0.717) is 19.3 Å². The van der Waals surface area contributed by atoms with Crippen LogP contribution in [0.3, 0.4) is 0 Å². The normalized spacial score (nSPS) is 11.5. The summed E-state index contributed by atoms with van der Waals surface area (Å²) < 4.78 is 0. The lowest BCUT2D eigenvalue weighted by Gasteiger charge is -2.02. The number of unbranched alkanes of at least 4 members (excludes halogenated alkanes) is 1. The fraction of sp³-hybridized carbons (Fsp3) is 0.455. The maximum atomic E-state index is 11.3. The van der Waals surface area contributed by atoms with Crippen molar-refractivity contribution < 1.29 is 9.90 Å². The van der Waals surface area contributed by atoms with Crippen molar-refractivity contribution in [1.29, 1.82) is 0 Å². The number of nitrogens with two attached hydrogens (primary N) is 1. The van der Waals surface area contributed by atoms with E-state index < -0.39 is 0 Å². The number of carbonyl (C=O) groups is 1. The number of hydrogen-bond donors (Lipinski definition) is 4. The Morgan fingerprint density at radius 1 is 1.41 bits per heavy atom. The highest BCUT2D eigenvalue weighted by Gasteiger charge is 1.95. The minimum Gasteiger partial charge on any atom is -0.396 e. The highest BCUT2D eigenvalue weighted by molar-refractivity contribution is 7.80. The zero-order valence-electron chi connectivity index (χ0n) is 9.90. The molecular formula is C11H19N3O2S. The van der Waals surface area contributed by atoms with E-state index in [0.717, 1.165) is 5.57 Å².